The Balaban J connectivity index is 2.08. The standard InChI is InChI=1S/C18H21N3O4S2/c1-13-8-4-5-9-14(13)18-12-17(19-21(18)27(3,24)25)15-10-6-7-11-16(15)20-26(2,22)23/h4-11,18,20H,12H2,1-3H3/t18-/m1/s1. The van der Waals surface area contributed by atoms with Crippen molar-refractivity contribution in [3.05, 3.63) is 65.2 Å². The van der Waals surface area contributed by atoms with Crippen molar-refractivity contribution in [2.75, 3.05) is 17.2 Å². The number of hydrogen-bond acceptors (Lipinski definition) is 5. The van der Waals surface area contributed by atoms with Gasteiger partial charge >= 0.3 is 0 Å². The summed E-state index contributed by atoms with van der Waals surface area (Å²) >= 11 is 0. The number of benzene rings is 2. The molecule has 0 aliphatic carbocycles. The van der Waals surface area contributed by atoms with E-state index in [0.29, 0.717) is 23.4 Å². The molecule has 0 fully saturated rings. The van der Waals surface area contributed by atoms with Crippen molar-refractivity contribution in [1.29, 1.82) is 0 Å². The second-order valence-corrected chi connectivity index (χ2v) is 10.2. The Bertz CT molecular complexity index is 1110. The Hall–Kier alpha value is -2.39. The van der Waals surface area contributed by atoms with Gasteiger partial charge in [0, 0.05) is 12.0 Å². The van der Waals surface area contributed by atoms with Crippen molar-refractivity contribution in [3.63, 3.8) is 0 Å². The van der Waals surface area contributed by atoms with Gasteiger partial charge in [-0.25, -0.2) is 16.8 Å². The van der Waals surface area contributed by atoms with Gasteiger partial charge in [0.25, 0.3) is 0 Å². The Labute approximate surface area is 159 Å². The molecule has 1 heterocycles. The van der Waals surface area contributed by atoms with E-state index in [-0.39, 0.29) is 0 Å². The smallest absolute Gasteiger partial charge is 0.247 e. The Morgan fingerprint density at radius 3 is 2.26 bits per heavy atom. The topological polar surface area (TPSA) is 95.9 Å². The van der Waals surface area contributed by atoms with Crippen LogP contribution in [0.1, 0.15) is 29.2 Å². The molecule has 1 aliphatic heterocycles. The monoisotopic (exact) mass is 407 g/mol. The van der Waals surface area contributed by atoms with Crippen molar-refractivity contribution < 1.29 is 16.8 Å². The van der Waals surface area contributed by atoms with E-state index in [1.54, 1.807) is 24.3 Å². The highest BCUT2D eigenvalue weighted by atomic mass is 32.2. The molecule has 0 saturated carbocycles. The molecule has 0 radical (unpaired) electrons. The zero-order valence-electron chi connectivity index (χ0n) is 15.2. The molecule has 0 aromatic heterocycles. The van der Waals surface area contributed by atoms with E-state index in [1.807, 2.05) is 31.2 Å². The molecule has 0 bridgehead atoms. The van der Waals surface area contributed by atoms with Crippen LogP contribution < -0.4 is 4.72 Å². The molecule has 0 saturated heterocycles. The summed E-state index contributed by atoms with van der Waals surface area (Å²) < 4.78 is 51.6. The van der Waals surface area contributed by atoms with Crippen LogP contribution in [-0.4, -0.2) is 39.5 Å². The molecule has 3 rings (SSSR count). The molecule has 0 amide bonds. The second-order valence-electron chi connectivity index (χ2n) is 6.58. The second kappa shape index (κ2) is 6.97. The van der Waals surface area contributed by atoms with Crippen LogP contribution in [0, 0.1) is 6.92 Å². The molecular weight excluding hydrogens is 386 g/mol. The van der Waals surface area contributed by atoms with Gasteiger partial charge in [0.15, 0.2) is 0 Å². The summed E-state index contributed by atoms with van der Waals surface area (Å²) in [5.74, 6) is 0. The highest BCUT2D eigenvalue weighted by Gasteiger charge is 2.35. The van der Waals surface area contributed by atoms with Crippen molar-refractivity contribution in [2.24, 2.45) is 5.10 Å². The highest BCUT2D eigenvalue weighted by molar-refractivity contribution is 7.92. The summed E-state index contributed by atoms with van der Waals surface area (Å²) in [6.45, 7) is 1.92. The van der Waals surface area contributed by atoms with Crippen LogP contribution in [0.2, 0.25) is 0 Å². The predicted octanol–water partition coefficient (Wildman–Crippen LogP) is 2.48. The van der Waals surface area contributed by atoms with Crippen molar-refractivity contribution in [1.82, 2.24) is 4.41 Å². The van der Waals surface area contributed by atoms with E-state index in [0.717, 1.165) is 28.1 Å². The predicted molar refractivity (Wildman–Crippen MR) is 107 cm³/mol. The molecule has 9 heteroatoms. The average molecular weight is 408 g/mol. The van der Waals surface area contributed by atoms with Crippen LogP contribution in [0.25, 0.3) is 0 Å². The minimum atomic E-state index is -3.60. The van der Waals surface area contributed by atoms with Gasteiger partial charge in [0.2, 0.25) is 20.0 Å². The summed E-state index contributed by atoms with van der Waals surface area (Å²) in [5.41, 5.74) is 3.29. The first-order valence-electron chi connectivity index (χ1n) is 8.26. The maximum absolute atomic E-state index is 12.3. The number of anilines is 1. The van der Waals surface area contributed by atoms with Crippen LogP contribution in [-0.2, 0) is 20.0 Å². The lowest BCUT2D eigenvalue weighted by molar-refractivity contribution is 0.374. The molecule has 2 aromatic carbocycles. The highest BCUT2D eigenvalue weighted by Crippen LogP contribution is 2.37. The minimum Gasteiger partial charge on any atom is -0.283 e. The van der Waals surface area contributed by atoms with Gasteiger partial charge in [-0.15, -0.1) is 0 Å². The molecule has 2 aromatic rings. The van der Waals surface area contributed by atoms with Gasteiger partial charge in [-0.2, -0.15) is 9.52 Å². The number of nitrogens with one attached hydrogen (secondary N) is 1. The number of hydrazone groups is 1. The first-order chi connectivity index (χ1) is 12.6. The summed E-state index contributed by atoms with van der Waals surface area (Å²) in [7, 11) is -7.08. The van der Waals surface area contributed by atoms with E-state index in [2.05, 4.69) is 9.82 Å². The van der Waals surface area contributed by atoms with Crippen LogP contribution in [0.3, 0.4) is 0 Å². The first kappa shape index (κ1) is 19.4. The van der Waals surface area contributed by atoms with E-state index < -0.39 is 26.1 Å². The summed E-state index contributed by atoms with van der Waals surface area (Å²) in [6.07, 6.45) is 2.53. The lowest BCUT2D eigenvalue weighted by atomic mass is 9.95. The maximum Gasteiger partial charge on any atom is 0.247 e. The Morgan fingerprint density at radius 2 is 1.63 bits per heavy atom. The molecule has 1 N–H and O–H groups in total. The third-order valence-corrected chi connectivity index (χ3v) is 5.90. The lowest BCUT2D eigenvalue weighted by Gasteiger charge is -2.22. The number of sulfonamides is 2. The fourth-order valence-corrected chi connectivity index (χ4v) is 4.65. The van der Waals surface area contributed by atoms with Crippen LogP contribution >= 0.6 is 0 Å². The fourth-order valence-electron chi connectivity index (χ4n) is 3.17. The number of aryl methyl sites for hydroxylation is 1. The van der Waals surface area contributed by atoms with Gasteiger partial charge in [-0.3, -0.25) is 4.72 Å². The van der Waals surface area contributed by atoms with E-state index in [4.69, 9.17) is 0 Å². The Kier molecular flexibility index (Phi) is 5.00. The van der Waals surface area contributed by atoms with Crippen LogP contribution in [0.4, 0.5) is 5.69 Å². The molecule has 0 unspecified atom stereocenters. The van der Waals surface area contributed by atoms with E-state index in [9.17, 15) is 16.8 Å². The van der Waals surface area contributed by atoms with Crippen LogP contribution in [0.5, 0.6) is 0 Å². The Morgan fingerprint density at radius 1 is 1.00 bits per heavy atom. The minimum absolute atomic E-state index is 0.348. The van der Waals surface area contributed by atoms with Gasteiger partial charge in [0.1, 0.15) is 0 Å². The number of para-hydroxylation sites is 1. The third kappa shape index (κ3) is 4.30. The molecule has 1 aliphatic rings. The van der Waals surface area contributed by atoms with Gasteiger partial charge in [-0.1, -0.05) is 42.5 Å². The fraction of sp³-hybridized carbons (Fsp3) is 0.278. The van der Waals surface area contributed by atoms with Crippen molar-refractivity contribution in [3.8, 4) is 0 Å². The van der Waals surface area contributed by atoms with Gasteiger partial charge in [-0.05, 0) is 24.1 Å². The van der Waals surface area contributed by atoms with Gasteiger partial charge in [0.05, 0.1) is 30.0 Å². The number of nitrogens with zero attached hydrogens (tertiary/aromatic N) is 2. The van der Waals surface area contributed by atoms with Gasteiger partial charge < -0.3 is 0 Å². The van der Waals surface area contributed by atoms with Crippen molar-refractivity contribution in [2.45, 2.75) is 19.4 Å². The summed E-state index contributed by atoms with van der Waals surface area (Å²) in [6, 6.07) is 13.9. The zero-order valence-corrected chi connectivity index (χ0v) is 16.9. The molecular formula is C18H21N3O4S2. The average Bonchev–Trinajstić information content (AvgIpc) is 2.99. The molecule has 27 heavy (non-hydrogen) atoms. The van der Waals surface area contributed by atoms with Crippen molar-refractivity contribution >= 4 is 31.4 Å². The molecule has 0 spiro atoms. The maximum atomic E-state index is 12.3. The SMILES string of the molecule is Cc1ccccc1[C@H]1CC(c2ccccc2NS(C)(=O)=O)=NN1S(C)(=O)=O. The third-order valence-electron chi connectivity index (χ3n) is 4.29. The van der Waals surface area contributed by atoms with E-state index >= 15 is 0 Å². The lowest BCUT2D eigenvalue weighted by Crippen LogP contribution is -2.26. The number of rotatable bonds is 5. The zero-order chi connectivity index (χ0) is 19.8. The summed E-state index contributed by atoms with van der Waals surface area (Å²) in [5, 5.41) is 4.35. The normalized spacial score (nSPS) is 17.7. The van der Waals surface area contributed by atoms with E-state index in [1.165, 1.54) is 0 Å². The molecule has 144 valence electrons. The quantitative estimate of drug-likeness (QED) is 0.824. The molecule has 7 nitrogen and oxygen atoms in total. The van der Waals surface area contributed by atoms with Crippen LogP contribution in [0.15, 0.2) is 53.6 Å². The largest absolute Gasteiger partial charge is 0.283 e. The number of hydrogen-bond donors (Lipinski definition) is 1. The summed E-state index contributed by atoms with van der Waals surface area (Å²) in [4.78, 5) is 0. The molecule has 1 atom stereocenters. The first-order valence-corrected chi connectivity index (χ1v) is 12.0.